The molecule has 0 atom stereocenters. The third kappa shape index (κ3) is 3.14. The summed E-state index contributed by atoms with van der Waals surface area (Å²) < 4.78 is 4.49. The van der Waals surface area contributed by atoms with Gasteiger partial charge in [0.15, 0.2) is 5.82 Å². The highest BCUT2D eigenvalue weighted by molar-refractivity contribution is 5.90. The zero-order valence-corrected chi connectivity index (χ0v) is 9.51. The average Bonchev–Trinajstić information content (AvgIpc) is 2.74. The van der Waals surface area contributed by atoms with Crippen LogP contribution in [0.15, 0.2) is 35.0 Å². The van der Waals surface area contributed by atoms with Crippen molar-refractivity contribution in [1.82, 2.24) is 10.3 Å². The lowest BCUT2D eigenvalue weighted by atomic mass is 10.1. The zero-order valence-electron chi connectivity index (χ0n) is 9.51. The molecule has 1 aromatic carbocycles. The van der Waals surface area contributed by atoms with Crippen molar-refractivity contribution < 1.29 is 9.42 Å². The Hall–Kier alpha value is -2.17. The molecular formula is C12H13N3O2. The Kier molecular flexibility index (Phi) is 3.49. The topological polar surface area (TPSA) is 68.0 Å². The first kappa shape index (κ1) is 11.3. The number of carbonyl (C=O) groups is 1. The molecule has 2 rings (SSSR count). The van der Waals surface area contributed by atoms with Crippen molar-refractivity contribution in [3.63, 3.8) is 0 Å². The van der Waals surface area contributed by atoms with E-state index in [2.05, 4.69) is 20.3 Å². The first-order valence-electron chi connectivity index (χ1n) is 5.38. The zero-order chi connectivity index (χ0) is 12.1. The fourth-order valence-corrected chi connectivity index (χ4v) is 1.44. The summed E-state index contributed by atoms with van der Waals surface area (Å²) in [4.78, 5) is 11.6. The monoisotopic (exact) mass is 231 g/mol. The predicted molar refractivity (Wildman–Crippen MR) is 62.4 cm³/mol. The summed E-state index contributed by atoms with van der Waals surface area (Å²) in [6, 6.07) is 9.86. The van der Waals surface area contributed by atoms with E-state index in [0.29, 0.717) is 24.4 Å². The highest BCUT2D eigenvalue weighted by Crippen LogP contribution is 2.08. The van der Waals surface area contributed by atoms with Gasteiger partial charge in [0.2, 0.25) is 5.91 Å². The first-order chi connectivity index (χ1) is 8.25. The van der Waals surface area contributed by atoms with Gasteiger partial charge in [0, 0.05) is 6.42 Å². The number of nitrogens with one attached hydrogen (secondary N) is 1. The van der Waals surface area contributed by atoms with Gasteiger partial charge < -0.3 is 5.32 Å². The number of hydrogen-bond donors (Lipinski definition) is 1. The van der Waals surface area contributed by atoms with Gasteiger partial charge in [0.25, 0.3) is 0 Å². The molecule has 2 aromatic rings. The fourth-order valence-electron chi connectivity index (χ4n) is 1.44. The highest BCUT2D eigenvalue weighted by Gasteiger charge is 2.09. The van der Waals surface area contributed by atoms with E-state index >= 15 is 0 Å². The molecule has 0 saturated carbocycles. The Morgan fingerprint density at radius 2 is 2.06 bits per heavy atom. The average molecular weight is 231 g/mol. The Bertz CT molecular complexity index is 493. The molecular weight excluding hydrogens is 218 g/mol. The maximum absolute atomic E-state index is 11.6. The van der Waals surface area contributed by atoms with Crippen LogP contribution in [0, 0.1) is 6.92 Å². The molecule has 5 nitrogen and oxygen atoms in total. The quantitative estimate of drug-likeness (QED) is 0.873. The second kappa shape index (κ2) is 5.25. The fraction of sp³-hybridized carbons (Fsp3) is 0.250. The van der Waals surface area contributed by atoms with Crippen molar-refractivity contribution in [3.05, 3.63) is 41.6 Å². The van der Waals surface area contributed by atoms with Crippen molar-refractivity contribution in [3.8, 4) is 0 Å². The Labute approximate surface area is 98.8 Å². The molecule has 17 heavy (non-hydrogen) atoms. The summed E-state index contributed by atoms with van der Waals surface area (Å²) in [6.07, 6.45) is 1.12. The van der Waals surface area contributed by atoms with Gasteiger partial charge in [0.1, 0.15) is 5.69 Å². The minimum absolute atomic E-state index is 0.0901. The van der Waals surface area contributed by atoms with Crippen LogP contribution in [0.1, 0.15) is 17.7 Å². The number of hydrogen-bond acceptors (Lipinski definition) is 4. The first-order valence-corrected chi connectivity index (χ1v) is 5.38. The van der Waals surface area contributed by atoms with E-state index in [-0.39, 0.29) is 5.91 Å². The number of amides is 1. The van der Waals surface area contributed by atoms with Crippen LogP contribution in [-0.4, -0.2) is 16.2 Å². The summed E-state index contributed by atoms with van der Waals surface area (Å²) >= 11 is 0. The third-order valence-electron chi connectivity index (χ3n) is 2.39. The lowest BCUT2D eigenvalue weighted by Gasteiger charge is -2.02. The van der Waals surface area contributed by atoms with Gasteiger partial charge in [-0.25, -0.2) is 4.63 Å². The number of carbonyl (C=O) groups excluding carboxylic acids is 1. The molecule has 0 aliphatic rings. The summed E-state index contributed by atoms with van der Waals surface area (Å²) in [7, 11) is 0. The molecule has 0 saturated heterocycles. The van der Waals surface area contributed by atoms with Crippen molar-refractivity contribution in [1.29, 1.82) is 0 Å². The molecule has 1 heterocycles. The Morgan fingerprint density at radius 3 is 2.71 bits per heavy atom. The van der Waals surface area contributed by atoms with Crippen molar-refractivity contribution in [2.24, 2.45) is 0 Å². The second-order valence-electron chi connectivity index (χ2n) is 3.73. The van der Waals surface area contributed by atoms with Gasteiger partial charge in [-0.15, -0.1) is 0 Å². The van der Waals surface area contributed by atoms with Crippen LogP contribution >= 0.6 is 0 Å². The van der Waals surface area contributed by atoms with E-state index in [0.717, 1.165) is 5.56 Å². The van der Waals surface area contributed by atoms with Crippen molar-refractivity contribution in [2.75, 3.05) is 5.32 Å². The molecule has 1 aromatic heterocycles. The van der Waals surface area contributed by atoms with Gasteiger partial charge in [-0.1, -0.05) is 35.5 Å². The van der Waals surface area contributed by atoms with E-state index in [9.17, 15) is 4.79 Å². The smallest absolute Gasteiger partial charge is 0.225 e. The summed E-state index contributed by atoms with van der Waals surface area (Å²) in [6.45, 7) is 1.73. The lowest BCUT2D eigenvalue weighted by molar-refractivity contribution is -0.116. The van der Waals surface area contributed by atoms with Gasteiger partial charge in [-0.2, -0.15) is 0 Å². The Balaban J connectivity index is 1.85. The molecule has 0 aliphatic heterocycles. The van der Waals surface area contributed by atoms with E-state index in [1.807, 2.05) is 30.3 Å². The molecule has 1 amide bonds. The van der Waals surface area contributed by atoms with Crippen molar-refractivity contribution >= 4 is 11.7 Å². The van der Waals surface area contributed by atoms with Crippen LogP contribution in [0.25, 0.3) is 0 Å². The number of benzene rings is 1. The Morgan fingerprint density at radius 1 is 1.29 bits per heavy atom. The normalized spacial score (nSPS) is 10.2. The number of anilines is 1. The predicted octanol–water partition coefficient (Wildman–Crippen LogP) is 1.95. The standard InChI is InChI=1S/C12H13N3O2/c1-9-12(15-17-14-9)13-11(16)8-7-10-5-3-2-4-6-10/h2-6H,7-8H2,1H3,(H,13,15,16). The van der Waals surface area contributed by atoms with E-state index in [4.69, 9.17) is 0 Å². The molecule has 0 bridgehead atoms. The van der Waals surface area contributed by atoms with Crippen LogP contribution in [0.4, 0.5) is 5.82 Å². The summed E-state index contributed by atoms with van der Waals surface area (Å²) in [5.41, 5.74) is 1.72. The largest absolute Gasteiger partial charge is 0.306 e. The maximum atomic E-state index is 11.6. The molecule has 88 valence electrons. The summed E-state index contributed by atoms with van der Waals surface area (Å²) in [5, 5.41) is 9.83. The number of rotatable bonds is 4. The SMILES string of the molecule is Cc1nonc1NC(=O)CCc1ccccc1. The van der Waals surface area contributed by atoms with Gasteiger partial charge in [-0.3, -0.25) is 4.79 Å². The minimum atomic E-state index is -0.0901. The van der Waals surface area contributed by atoms with Crippen molar-refractivity contribution in [2.45, 2.75) is 19.8 Å². The van der Waals surface area contributed by atoms with E-state index < -0.39 is 0 Å². The molecule has 1 N–H and O–H groups in total. The van der Waals surface area contributed by atoms with Gasteiger partial charge in [0.05, 0.1) is 0 Å². The van der Waals surface area contributed by atoms with Crippen LogP contribution in [0.2, 0.25) is 0 Å². The second-order valence-corrected chi connectivity index (χ2v) is 3.73. The lowest BCUT2D eigenvalue weighted by Crippen LogP contribution is -2.13. The molecule has 0 unspecified atom stereocenters. The highest BCUT2D eigenvalue weighted by atomic mass is 16.6. The van der Waals surface area contributed by atoms with Crippen LogP contribution in [-0.2, 0) is 11.2 Å². The van der Waals surface area contributed by atoms with E-state index in [1.54, 1.807) is 6.92 Å². The van der Waals surface area contributed by atoms with Gasteiger partial charge in [-0.05, 0) is 24.1 Å². The van der Waals surface area contributed by atoms with Gasteiger partial charge >= 0.3 is 0 Å². The molecule has 0 fully saturated rings. The van der Waals surface area contributed by atoms with E-state index in [1.165, 1.54) is 0 Å². The number of aromatic nitrogens is 2. The maximum Gasteiger partial charge on any atom is 0.225 e. The molecule has 0 radical (unpaired) electrons. The number of nitrogens with zero attached hydrogens (tertiary/aromatic N) is 2. The summed E-state index contributed by atoms with van der Waals surface area (Å²) in [5.74, 6) is 0.302. The molecule has 5 heteroatoms. The van der Waals surface area contributed by atoms with Crippen LogP contribution in [0.3, 0.4) is 0 Å². The van der Waals surface area contributed by atoms with Crippen LogP contribution in [0.5, 0.6) is 0 Å². The number of aryl methyl sites for hydroxylation is 2. The third-order valence-corrected chi connectivity index (χ3v) is 2.39. The molecule has 0 spiro atoms. The molecule has 0 aliphatic carbocycles. The minimum Gasteiger partial charge on any atom is -0.306 e. The van der Waals surface area contributed by atoms with Crippen LogP contribution < -0.4 is 5.32 Å².